The van der Waals surface area contributed by atoms with Gasteiger partial charge in [0.05, 0.1) is 0 Å². The van der Waals surface area contributed by atoms with Crippen molar-refractivity contribution in [3.8, 4) is 0 Å². The van der Waals surface area contributed by atoms with Crippen LogP contribution in [0.5, 0.6) is 0 Å². The van der Waals surface area contributed by atoms with E-state index in [0.717, 1.165) is 5.92 Å². The predicted octanol–water partition coefficient (Wildman–Crippen LogP) is 4.09. The van der Waals surface area contributed by atoms with E-state index in [1.807, 2.05) is 0 Å². The van der Waals surface area contributed by atoms with E-state index in [4.69, 9.17) is 17.5 Å². The van der Waals surface area contributed by atoms with Crippen LogP contribution in [-0.2, 0) is 10.4 Å². The standard InChI is InChI=1S/C13H27.Na.H2O4S/c1-4-6-8-10-12-13(3)11-9-7-5-2;;1-5(2,3)4/h13H,1,4-12H2,2-3H3;;(H2,1,2,3,4). The third-order valence-corrected chi connectivity index (χ3v) is 3.81. The van der Waals surface area contributed by atoms with Crippen LogP contribution in [0, 0.1) is 5.92 Å². The van der Waals surface area contributed by atoms with E-state index in [0.29, 0.717) is 0 Å². The summed E-state index contributed by atoms with van der Waals surface area (Å²) in [7, 11) is -4.67. The third-order valence-electron chi connectivity index (χ3n) is 3.10. The van der Waals surface area contributed by atoms with Crippen molar-refractivity contribution in [2.75, 3.05) is 0 Å². The molecule has 1 atom stereocenters. The van der Waals surface area contributed by atoms with Crippen LogP contribution in [0.2, 0.25) is 3.67 Å². The molecule has 0 radical (unpaired) electrons. The fraction of sp³-hybridized carbons (Fsp3) is 1.00. The monoisotopic (exact) mass is 304 g/mol. The molecule has 0 aromatic heterocycles. The van der Waals surface area contributed by atoms with Gasteiger partial charge in [0, 0.05) is 0 Å². The summed E-state index contributed by atoms with van der Waals surface area (Å²) in [6.45, 7) is 4.72. The zero-order valence-corrected chi connectivity index (χ0v) is 15.6. The maximum atomic E-state index is 8.74. The molecule has 0 saturated carbocycles. The summed E-state index contributed by atoms with van der Waals surface area (Å²) in [5, 5.41) is 0. The summed E-state index contributed by atoms with van der Waals surface area (Å²) in [6.07, 6.45) is 13.2. The summed E-state index contributed by atoms with van der Waals surface area (Å²) < 4.78 is 33.1. The van der Waals surface area contributed by atoms with Gasteiger partial charge in [-0.25, -0.2) is 0 Å². The van der Waals surface area contributed by atoms with E-state index in [1.54, 1.807) is 0 Å². The van der Waals surface area contributed by atoms with Crippen molar-refractivity contribution >= 4 is 38.3 Å². The third kappa shape index (κ3) is 32.4. The van der Waals surface area contributed by atoms with Crippen molar-refractivity contribution in [1.82, 2.24) is 0 Å². The molecule has 0 bridgehead atoms. The summed E-state index contributed by atoms with van der Waals surface area (Å²) in [4.78, 5) is 0. The second kappa shape index (κ2) is 15.3. The van der Waals surface area contributed by atoms with Crippen LogP contribution in [0.3, 0.4) is 0 Å². The minimum atomic E-state index is -4.67. The molecule has 0 amide bonds. The molecule has 0 aliphatic carbocycles. The number of unbranched alkanes of at least 4 members (excludes halogenated alkanes) is 5. The van der Waals surface area contributed by atoms with Gasteiger partial charge in [-0.05, 0) is 0 Å². The molecule has 4 nitrogen and oxygen atoms in total. The van der Waals surface area contributed by atoms with E-state index in [1.165, 1.54) is 89.4 Å². The van der Waals surface area contributed by atoms with E-state index in [-0.39, 0.29) is 0 Å². The summed E-state index contributed by atoms with van der Waals surface area (Å²) in [5.74, 6) is 0.984. The van der Waals surface area contributed by atoms with Crippen LogP contribution >= 0.6 is 0 Å². The van der Waals surface area contributed by atoms with Crippen molar-refractivity contribution in [3.05, 3.63) is 0 Å². The average Bonchev–Trinajstić information content (AvgIpc) is 2.27. The molecule has 0 heterocycles. The van der Waals surface area contributed by atoms with Gasteiger partial charge in [0.2, 0.25) is 0 Å². The quantitative estimate of drug-likeness (QED) is 0.362. The first-order valence-corrected chi connectivity index (χ1v) is 10.3. The van der Waals surface area contributed by atoms with Crippen molar-refractivity contribution in [3.63, 3.8) is 0 Å². The second-order valence-corrected chi connectivity index (χ2v) is 7.15. The molecule has 112 valence electrons. The molecule has 0 spiro atoms. The zero-order chi connectivity index (χ0) is 15.1. The van der Waals surface area contributed by atoms with Crippen molar-refractivity contribution in [2.45, 2.75) is 75.3 Å². The molecule has 0 aromatic rings. The van der Waals surface area contributed by atoms with Crippen molar-refractivity contribution in [2.24, 2.45) is 5.92 Å². The summed E-state index contributed by atoms with van der Waals surface area (Å²) in [5.41, 5.74) is 0. The molecule has 0 aliphatic heterocycles. The average molecular weight is 304 g/mol. The van der Waals surface area contributed by atoms with Crippen LogP contribution in [0.4, 0.5) is 0 Å². The van der Waals surface area contributed by atoms with Gasteiger partial charge in [-0.15, -0.1) is 0 Å². The van der Waals surface area contributed by atoms with Crippen LogP contribution < -0.4 is 0 Å². The summed E-state index contributed by atoms with van der Waals surface area (Å²) in [6, 6.07) is 0. The largest absolute Gasteiger partial charge is 0.394 e. The SMILES string of the molecule is CCCCCC(C)CCCCC[CH2][Na].O=S(=O)(O)O. The first-order chi connectivity index (χ1) is 8.81. The number of rotatable bonds is 10. The smallest absolute Gasteiger partial charge is 0.264 e. The first-order valence-electron chi connectivity index (χ1n) is 7.51. The van der Waals surface area contributed by atoms with Crippen LogP contribution in [-0.4, -0.2) is 45.5 Å². The van der Waals surface area contributed by atoms with Crippen molar-refractivity contribution < 1.29 is 17.5 Å². The maximum Gasteiger partial charge on any atom is 0.394 e. The van der Waals surface area contributed by atoms with Crippen LogP contribution in [0.25, 0.3) is 0 Å². The Kier molecular flexibility index (Phi) is 17.8. The topological polar surface area (TPSA) is 74.6 Å². The van der Waals surface area contributed by atoms with Crippen LogP contribution in [0.1, 0.15) is 71.6 Å². The Labute approximate surface area is 136 Å². The van der Waals surface area contributed by atoms with E-state index in [9.17, 15) is 0 Å². The van der Waals surface area contributed by atoms with Gasteiger partial charge in [0.15, 0.2) is 0 Å². The molecule has 1 unspecified atom stereocenters. The van der Waals surface area contributed by atoms with E-state index < -0.39 is 10.4 Å². The van der Waals surface area contributed by atoms with Gasteiger partial charge in [0.1, 0.15) is 0 Å². The minimum Gasteiger partial charge on any atom is -0.264 e. The van der Waals surface area contributed by atoms with Crippen molar-refractivity contribution in [1.29, 1.82) is 0 Å². The van der Waals surface area contributed by atoms with Gasteiger partial charge in [0.25, 0.3) is 0 Å². The molecule has 0 aliphatic rings. The molecule has 2 N–H and O–H groups in total. The van der Waals surface area contributed by atoms with E-state index in [2.05, 4.69) is 13.8 Å². The van der Waals surface area contributed by atoms with Gasteiger partial charge >= 0.3 is 120 Å². The Bertz CT molecular complexity index is 260. The van der Waals surface area contributed by atoms with Gasteiger partial charge in [-0.2, -0.15) is 8.42 Å². The van der Waals surface area contributed by atoms with Gasteiger partial charge in [-0.1, -0.05) is 0 Å². The fourth-order valence-corrected chi connectivity index (χ4v) is 2.48. The molecule has 0 aromatic carbocycles. The molecule has 0 fully saturated rings. The molecule has 0 rings (SSSR count). The van der Waals surface area contributed by atoms with Gasteiger partial charge in [-0.3, -0.25) is 9.11 Å². The van der Waals surface area contributed by atoms with E-state index >= 15 is 0 Å². The molecular formula is C13H29NaO4S. The normalized spacial score (nSPS) is 12.7. The van der Waals surface area contributed by atoms with Gasteiger partial charge < -0.3 is 0 Å². The Morgan fingerprint density at radius 2 is 1.37 bits per heavy atom. The molecule has 19 heavy (non-hydrogen) atoms. The number of hydrogen-bond donors (Lipinski definition) is 2. The maximum absolute atomic E-state index is 8.74. The molecule has 0 saturated heterocycles. The Hall–Kier alpha value is 0.870. The molecule has 6 heteroatoms. The fourth-order valence-electron chi connectivity index (χ4n) is 1.98. The minimum absolute atomic E-state index is 0.984. The Morgan fingerprint density at radius 3 is 1.79 bits per heavy atom. The zero-order valence-electron chi connectivity index (χ0n) is 12.8. The predicted molar refractivity (Wildman–Crippen MR) is 81.1 cm³/mol. The Balaban J connectivity index is 0. The Morgan fingerprint density at radius 1 is 0.947 bits per heavy atom. The first kappa shape index (κ1) is 22.2. The van der Waals surface area contributed by atoms with Crippen LogP contribution in [0.15, 0.2) is 0 Å². The summed E-state index contributed by atoms with van der Waals surface area (Å²) >= 11 is 1.41. The molecular weight excluding hydrogens is 275 g/mol. The number of hydrogen-bond acceptors (Lipinski definition) is 2. The second-order valence-electron chi connectivity index (χ2n) is 5.25.